The summed E-state index contributed by atoms with van der Waals surface area (Å²) in [5, 5.41) is 5.69. The van der Waals surface area contributed by atoms with Crippen molar-refractivity contribution in [2.45, 2.75) is 0 Å². The van der Waals surface area contributed by atoms with Crippen LogP contribution in [0.1, 0.15) is 0 Å². The van der Waals surface area contributed by atoms with Crippen LogP contribution in [0.2, 0.25) is 0 Å². The van der Waals surface area contributed by atoms with E-state index in [0.29, 0.717) is 17.6 Å². The van der Waals surface area contributed by atoms with Gasteiger partial charge in [0.25, 0.3) is 0 Å². The highest BCUT2D eigenvalue weighted by atomic mass is 15.2. The molecule has 0 unspecified atom stereocenters. The molecule has 0 bridgehead atoms. The third kappa shape index (κ3) is 4.83. The van der Waals surface area contributed by atoms with Gasteiger partial charge in [-0.25, -0.2) is 4.98 Å². The zero-order chi connectivity index (χ0) is 33.6. The van der Waals surface area contributed by atoms with Crippen molar-refractivity contribution in [3.05, 3.63) is 185 Å². The van der Waals surface area contributed by atoms with E-state index in [1.54, 1.807) is 0 Å². The van der Waals surface area contributed by atoms with E-state index < -0.39 is 0 Å². The van der Waals surface area contributed by atoms with Gasteiger partial charge in [0, 0.05) is 38.0 Å². The number of aromatic nitrogens is 5. The standard InChI is InChI=1S/C45H31N5/c1-30-37-22-12-14-24-39(37)49(36-20-10-5-11-21-36)41(30)42-31(2)38-23-13-15-25-40(38)50(42)45-47-43(34-18-8-4-9-19-34)46-44(48-45)35-28-26-33(27-29-35)32-16-6-3-7-17-32/h3-29H,1-2H2/b42-41-. The molecule has 50 heavy (non-hydrogen) atoms. The lowest BCUT2D eigenvalue weighted by atomic mass is 10.0. The van der Waals surface area contributed by atoms with Gasteiger partial charge in [-0.1, -0.05) is 153 Å². The minimum absolute atomic E-state index is 0.506. The largest absolute Gasteiger partial charge is 0.307 e. The molecule has 0 N–H and O–H groups in total. The number of benzene rings is 6. The van der Waals surface area contributed by atoms with Crippen molar-refractivity contribution in [2.75, 3.05) is 0 Å². The van der Waals surface area contributed by atoms with Crippen LogP contribution in [-0.2, 0) is 0 Å². The predicted octanol–water partition coefficient (Wildman–Crippen LogP) is 8.87. The van der Waals surface area contributed by atoms with Gasteiger partial charge >= 0.3 is 0 Å². The Morgan fingerprint density at radius 2 is 0.760 bits per heavy atom. The van der Waals surface area contributed by atoms with Crippen LogP contribution in [0.3, 0.4) is 0 Å². The fourth-order valence-electron chi connectivity index (χ4n) is 6.92. The van der Waals surface area contributed by atoms with Crippen molar-refractivity contribution in [1.29, 1.82) is 0 Å². The van der Waals surface area contributed by atoms with Gasteiger partial charge in [-0.15, -0.1) is 0 Å². The van der Waals surface area contributed by atoms with Crippen LogP contribution in [0.25, 0.3) is 80.5 Å². The second-order valence-electron chi connectivity index (χ2n) is 12.3. The van der Waals surface area contributed by atoms with Gasteiger partial charge in [-0.2, -0.15) is 9.97 Å². The maximum absolute atomic E-state index is 5.22. The molecule has 3 heterocycles. The zero-order valence-corrected chi connectivity index (χ0v) is 27.2. The molecule has 5 heteroatoms. The van der Waals surface area contributed by atoms with Crippen LogP contribution in [0.4, 0.5) is 0 Å². The van der Waals surface area contributed by atoms with Crippen LogP contribution in [0, 0.1) is 10.7 Å². The first-order valence-corrected chi connectivity index (χ1v) is 16.6. The van der Waals surface area contributed by atoms with E-state index in [1.807, 2.05) is 54.6 Å². The summed E-state index contributed by atoms with van der Waals surface area (Å²) >= 11 is 0. The SMILES string of the molecule is C=c1/c(=c2\c(=C)c3ccccc3n2-c2nc(-c3ccccc3)nc(-c3ccc(-c4ccccc4)cc3)n2)n(-c2ccccc2)c2ccccc12. The first kappa shape index (κ1) is 29.3. The number of hydrogen-bond donors (Lipinski definition) is 0. The molecular formula is C45H31N5. The highest BCUT2D eigenvalue weighted by molar-refractivity contribution is 5.85. The van der Waals surface area contributed by atoms with E-state index in [0.717, 1.165) is 70.9 Å². The topological polar surface area (TPSA) is 48.5 Å². The summed E-state index contributed by atoms with van der Waals surface area (Å²) in [5.41, 5.74) is 7.14. The molecule has 0 spiro atoms. The van der Waals surface area contributed by atoms with Crippen molar-refractivity contribution in [2.24, 2.45) is 0 Å². The Hall–Kier alpha value is -6.85. The molecule has 236 valence electrons. The quantitative estimate of drug-likeness (QED) is 0.189. The lowest BCUT2D eigenvalue weighted by molar-refractivity contribution is 0.895. The number of para-hydroxylation sites is 3. The van der Waals surface area contributed by atoms with Crippen molar-refractivity contribution in [3.63, 3.8) is 0 Å². The third-order valence-electron chi connectivity index (χ3n) is 9.30. The molecule has 0 radical (unpaired) electrons. The molecule has 0 amide bonds. The average molecular weight is 642 g/mol. The Labute approximate surface area is 288 Å². The molecule has 0 aliphatic rings. The second-order valence-corrected chi connectivity index (χ2v) is 12.3. The number of nitrogens with zero attached hydrogens (tertiary/aromatic N) is 5. The van der Waals surface area contributed by atoms with Gasteiger partial charge in [-0.05, 0) is 35.4 Å². The summed E-state index contributed by atoms with van der Waals surface area (Å²) in [6.07, 6.45) is 0. The van der Waals surface area contributed by atoms with Crippen molar-refractivity contribution in [3.8, 4) is 45.5 Å². The summed E-state index contributed by atoms with van der Waals surface area (Å²) in [7, 11) is 0. The Morgan fingerprint density at radius 1 is 0.360 bits per heavy atom. The van der Waals surface area contributed by atoms with Crippen LogP contribution in [0.5, 0.6) is 0 Å². The molecule has 6 aromatic carbocycles. The monoisotopic (exact) mass is 641 g/mol. The molecule has 0 saturated heterocycles. The smallest absolute Gasteiger partial charge is 0.238 e. The van der Waals surface area contributed by atoms with Gasteiger partial charge < -0.3 is 4.57 Å². The van der Waals surface area contributed by atoms with Gasteiger partial charge in [0.05, 0.1) is 21.7 Å². The molecule has 0 saturated carbocycles. The summed E-state index contributed by atoms with van der Waals surface area (Å²) in [6, 6.07) is 56.0. The molecule has 0 aliphatic heterocycles. The van der Waals surface area contributed by atoms with E-state index in [2.05, 4.69) is 131 Å². The van der Waals surface area contributed by atoms with E-state index >= 15 is 0 Å². The molecular weight excluding hydrogens is 611 g/mol. The van der Waals surface area contributed by atoms with Crippen LogP contribution >= 0.6 is 0 Å². The minimum atomic E-state index is 0.506. The van der Waals surface area contributed by atoms with E-state index in [-0.39, 0.29) is 0 Å². The first-order valence-electron chi connectivity index (χ1n) is 16.6. The maximum atomic E-state index is 5.22. The fourth-order valence-corrected chi connectivity index (χ4v) is 6.92. The fraction of sp³-hybridized carbons (Fsp3) is 0. The van der Waals surface area contributed by atoms with Crippen LogP contribution in [-0.4, -0.2) is 24.1 Å². The number of hydrogen-bond acceptors (Lipinski definition) is 3. The van der Waals surface area contributed by atoms with E-state index in [9.17, 15) is 0 Å². The highest BCUT2D eigenvalue weighted by Gasteiger charge is 2.19. The number of rotatable bonds is 5. The molecule has 5 nitrogen and oxygen atoms in total. The summed E-state index contributed by atoms with van der Waals surface area (Å²) in [6.45, 7) is 9.35. The summed E-state index contributed by atoms with van der Waals surface area (Å²) in [5.74, 6) is 1.68. The van der Waals surface area contributed by atoms with Gasteiger partial charge in [0.1, 0.15) is 0 Å². The molecule has 0 aliphatic carbocycles. The lowest BCUT2D eigenvalue weighted by Gasteiger charge is -2.11. The van der Waals surface area contributed by atoms with Gasteiger partial charge in [0.2, 0.25) is 5.95 Å². The van der Waals surface area contributed by atoms with E-state index in [4.69, 9.17) is 15.0 Å². The summed E-state index contributed by atoms with van der Waals surface area (Å²) < 4.78 is 4.41. The lowest BCUT2D eigenvalue weighted by Crippen LogP contribution is -2.13. The Morgan fingerprint density at radius 3 is 1.34 bits per heavy atom. The van der Waals surface area contributed by atoms with Crippen molar-refractivity contribution >= 4 is 35.0 Å². The average Bonchev–Trinajstić information content (AvgIpc) is 3.65. The summed E-state index contributed by atoms with van der Waals surface area (Å²) in [4.78, 5) is 15.4. The predicted molar refractivity (Wildman–Crippen MR) is 204 cm³/mol. The van der Waals surface area contributed by atoms with Crippen molar-refractivity contribution < 1.29 is 0 Å². The van der Waals surface area contributed by atoms with Gasteiger partial charge in [0.15, 0.2) is 11.6 Å². The van der Waals surface area contributed by atoms with Gasteiger partial charge in [-0.3, -0.25) is 4.57 Å². The van der Waals surface area contributed by atoms with Crippen LogP contribution < -0.4 is 10.4 Å². The Bertz CT molecular complexity index is 2880. The zero-order valence-electron chi connectivity index (χ0n) is 27.2. The Balaban J connectivity index is 1.41. The minimum Gasteiger partial charge on any atom is -0.307 e. The normalized spacial score (nSPS) is 12.1. The Kier molecular flexibility index (Phi) is 7.03. The van der Waals surface area contributed by atoms with Crippen LogP contribution in [0.15, 0.2) is 164 Å². The third-order valence-corrected chi connectivity index (χ3v) is 9.30. The second kappa shape index (κ2) is 12.0. The van der Waals surface area contributed by atoms with Crippen molar-refractivity contribution in [1.82, 2.24) is 24.1 Å². The molecule has 3 aromatic heterocycles. The first-order chi connectivity index (χ1) is 24.7. The number of fused-ring (bicyclic) bond motifs is 2. The maximum Gasteiger partial charge on any atom is 0.238 e. The molecule has 9 aromatic rings. The highest BCUT2D eigenvalue weighted by Crippen LogP contribution is 2.27. The molecule has 9 rings (SSSR count). The molecule has 0 atom stereocenters. The molecule has 0 fully saturated rings. The van der Waals surface area contributed by atoms with E-state index in [1.165, 1.54) is 0 Å².